The van der Waals surface area contributed by atoms with Gasteiger partial charge >= 0.3 is 5.97 Å². The van der Waals surface area contributed by atoms with Crippen molar-refractivity contribution in [3.8, 4) is 0 Å². The largest absolute Gasteiger partial charge is 0.466 e. The van der Waals surface area contributed by atoms with Gasteiger partial charge in [-0.2, -0.15) is 0 Å². The summed E-state index contributed by atoms with van der Waals surface area (Å²) in [6, 6.07) is -0.640. The number of ether oxygens (including phenoxy) is 1. The first-order valence-corrected chi connectivity index (χ1v) is 25.8. The highest BCUT2D eigenvalue weighted by molar-refractivity contribution is 5.76. The molecule has 6 heteroatoms. The summed E-state index contributed by atoms with van der Waals surface area (Å²) in [7, 11) is 0. The Kier molecular flexibility index (Phi) is 47.2. The molecule has 2 atom stereocenters. The number of aliphatic hydroxyl groups is 2. The lowest BCUT2D eigenvalue weighted by Gasteiger charge is -2.20. The van der Waals surface area contributed by atoms with Crippen LogP contribution in [-0.4, -0.2) is 47.4 Å². The number of carbonyl (C=O) groups excluding carboxylic acids is 2. The van der Waals surface area contributed by atoms with Crippen LogP contribution in [-0.2, 0) is 14.3 Å². The molecule has 0 rings (SSSR count). The van der Waals surface area contributed by atoms with Gasteiger partial charge in [0.25, 0.3) is 0 Å². The van der Waals surface area contributed by atoms with Crippen LogP contribution in [0.2, 0.25) is 0 Å². The monoisotopic (exact) mass is 830 g/mol. The standard InChI is InChI=1S/C53H99NO5/c1-3-5-7-9-11-13-15-17-19-21-25-29-33-37-41-45-51(56)50(49-55)54-52(57)46-42-38-34-30-26-23-24-28-32-36-40-44-48-59-53(58)47-43-39-35-31-27-22-20-18-16-14-12-10-8-6-4-2/h12,14,18,20,41,45,50-51,55-56H,3-11,13,15-17,19,21-40,42-44,46-49H2,1-2H3,(H,54,57)/b14-12-,20-18-,45-41+. The molecule has 59 heavy (non-hydrogen) atoms. The number of allylic oxidation sites excluding steroid dienone is 5. The zero-order valence-electron chi connectivity index (χ0n) is 39.2. The van der Waals surface area contributed by atoms with Gasteiger partial charge < -0.3 is 20.3 Å². The fraction of sp³-hybridized carbons (Fsp3) is 0.849. The molecular weight excluding hydrogens is 731 g/mol. The number of amides is 1. The van der Waals surface area contributed by atoms with E-state index in [0.717, 1.165) is 70.6 Å². The first kappa shape index (κ1) is 57.1. The van der Waals surface area contributed by atoms with E-state index in [1.165, 1.54) is 167 Å². The molecule has 0 aromatic carbocycles. The Hall–Kier alpha value is -1.92. The zero-order chi connectivity index (χ0) is 43.0. The van der Waals surface area contributed by atoms with Gasteiger partial charge in [-0.15, -0.1) is 0 Å². The second kappa shape index (κ2) is 48.7. The van der Waals surface area contributed by atoms with Crippen LogP contribution in [0.4, 0.5) is 0 Å². The van der Waals surface area contributed by atoms with Crippen LogP contribution < -0.4 is 5.32 Å². The molecular formula is C53H99NO5. The first-order valence-electron chi connectivity index (χ1n) is 25.8. The first-order chi connectivity index (χ1) is 29.0. The summed E-state index contributed by atoms with van der Waals surface area (Å²) in [6.07, 6.45) is 58.5. The van der Waals surface area contributed by atoms with Gasteiger partial charge in [0.15, 0.2) is 0 Å². The number of unbranched alkanes of at least 4 members (excludes halogenated alkanes) is 32. The Balaban J connectivity index is 3.51. The third-order valence-electron chi connectivity index (χ3n) is 11.7. The fourth-order valence-electron chi connectivity index (χ4n) is 7.66. The van der Waals surface area contributed by atoms with E-state index in [2.05, 4.69) is 43.5 Å². The molecule has 0 aliphatic carbocycles. The topological polar surface area (TPSA) is 95.9 Å². The molecule has 0 saturated heterocycles. The molecule has 6 nitrogen and oxygen atoms in total. The molecule has 0 saturated carbocycles. The van der Waals surface area contributed by atoms with Crippen molar-refractivity contribution in [3.63, 3.8) is 0 Å². The minimum absolute atomic E-state index is 0.0253. The number of hydrogen-bond donors (Lipinski definition) is 3. The molecule has 0 radical (unpaired) electrons. The third kappa shape index (κ3) is 45.4. The molecule has 1 amide bonds. The average Bonchev–Trinajstić information content (AvgIpc) is 3.24. The van der Waals surface area contributed by atoms with Gasteiger partial charge in [0, 0.05) is 12.8 Å². The number of aliphatic hydroxyl groups excluding tert-OH is 2. The Morgan fingerprint density at radius 3 is 1.32 bits per heavy atom. The van der Waals surface area contributed by atoms with Crippen LogP contribution in [0.25, 0.3) is 0 Å². The Morgan fingerprint density at radius 1 is 0.475 bits per heavy atom. The minimum atomic E-state index is -0.855. The number of hydrogen-bond acceptors (Lipinski definition) is 5. The molecule has 0 heterocycles. The van der Waals surface area contributed by atoms with Gasteiger partial charge in [0.05, 0.1) is 25.4 Å². The van der Waals surface area contributed by atoms with Gasteiger partial charge in [-0.3, -0.25) is 9.59 Å². The maximum absolute atomic E-state index is 12.4. The van der Waals surface area contributed by atoms with Gasteiger partial charge in [-0.1, -0.05) is 224 Å². The summed E-state index contributed by atoms with van der Waals surface area (Å²) in [6.45, 7) is 4.83. The number of nitrogens with one attached hydrogen (secondary N) is 1. The second-order valence-corrected chi connectivity index (χ2v) is 17.5. The fourth-order valence-corrected chi connectivity index (χ4v) is 7.66. The second-order valence-electron chi connectivity index (χ2n) is 17.5. The summed E-state index contributed by atoms with van der Waals surface area (Å²) >= 11 is 0. The van der Waals surface area contributed by atoms with Crippen molar-refractivity contribution >= 4 is 11.9 Å². The SMILES string of the molecule is CCCCC/C=C\C/C=C\CCCCCCCC(=O)OCCCCCCCCCCCCCCC(=O)NC(CO)C(O)/C=C/CCCCCCCCCCCCCCC. The smallest absolute Gasteiger partial charge is 0.305 e. The third-order valence-corrected chi connectivity index (χ3v) is 11.7. The lowest BCUT2D eigenvalue weighted by Crippen LogP contribution is -2.45. The van der Waals surface area contributed by atoms with Crippen LogP contribution in [0, 0.1) is 0 Å². The van der Waals surface area contributed by atoms with E-state index >= 15 is 0 Å². The predicted molar refractivity (Wildman–Crippen MR) is 255 cm³/mol. The molecule has 0 spiro atoms. The van der Waals surface area contributed by atoms with Crippen molar-refractivity contribution in [2.24, 2.45) is 0 Å². The Bertz CT molecular complexity index is 962. The van der Waals surface area contributed by atoms with Crippen molar-refractivity contribution in [1.82, 2.24) is 5.32 Å². The van der Waals surface area contributed by atoms with Crippen LogP contribution >= 0.6 is 0 Å². The van der Waals surface area contributed by atoms with E-state index < -0.39 is 12.1 Å². The predicted octanol–water partition coefficient (Wildman–Crippen LogP) is 15.3. The zero-order valence-corrected chi connectivity index (χ0v) is 39.2. The molecule has 0 bridgehead atoms. The summed E-state index contributed by atoms with van der Waals surface area (Å²) in [5, 5.41) is 23.0. The lowest BCUT2D eigenvalue weighted by atomic mass is 10.0. The van der Waals surface area contributed by atoms with Crippen molar-refractivity contribution in [2.45, 2.75) is 276 Å². The molecule has 346 valence electrons. The Labute approximate surface area is 366 Å². The van der Waals surface area contributed by atoms with Gasteiger partial charge in [0.1, 0.15) is 0 Å². The van der Waals surface area contributed by atoms with Crippen molar-refractivity contribution < 1.29 is 24.5 Å². The maximum atomic E-state index is 12.4. The highest BCUT2D eigenvalue weighted by Crippen LogP contribution is 2.15. The van der Waals surface area contributed by atoms with E-state index in [9.17, 15) is 19.8 Å². The number of carbonyl (C=O) groups is 2. The highest BCUT2D eigenvalue weighted by atomic mass is 16.5. The number of esters is 1. The molecule has 2 unspecified atom stereocenters. The maximum Gasteiger partial charge on any atom is 0.305 e. The minimum Gasteiger partial charge on any atom is -0.466 e. The quantitative estimate of drug-likeness (QED) is 0.0323. The lowest BCUT2D eigenvalue weighted by molar-refractivity contribution is -0.143. The summed E-state index contributed by atoms with van der Waals surface area (Å²) in [5.41, 5.74) is 0. The van der Waals surface area contributed by atoms with E-state index in [1.807, 2.05) is 6.08 Å². The van der Waals surface area contributed by atoms with Gasteiger partial charge in [0.2, 0.25) is 5.91 Å². The van der Waals surface area contributed by atoms with Crippen LogP contribution in [0.1, 0.15) is 264 Å². The van der Waals surface area contributed by atoms with Crippen LogP contribution in [0.3, 0.4) is 0 Å². The van der Waals surface area contributed by atoms with Crippen molar-refractivity contribution in [3.05, 3.63) is 36.5 Å². The van der Waals surface area contributed by atoms with Gasteiger partial charge in [-0.05, 0) is 64.2 Å². The van der Waals surface area contributed by atoms with E-state index in [-0.39, 0.29) is 18.5 Å². The summed E-state index contributed by atoms with van der Waals surface area (Å²) in [4.78, 5) is 24.5. The van der Waals surface area contributed by atoms with E-state index in [4.69, 9.17) is 4.74 Å². The van der Waals surface area contributed by atoms with Crippen molar-refractivity contribution in [1.29, 1.82) is 0 Å². The van der Waals surface area contributed by atoms with E-state index in [1.54, 1.807) is 6.08 Å². The van der Waals surface area contributed by atoms with Crippen LogP contribution in [0.15, 0.2) is 36.5 Å². The summed E-state index contributed by atoms with van der Waals surface area (Å²) < 4.78 is 5.45. The molecule has 3 N–H and O–H groups in total. The van der Waals surface area contributed by atoms with Gasteiger partial charge in [-0.25, -0.2) is 0 Å². The van der Waals surface area contributed by atoms with Crippen molar-refractivity contribution in [2.75, 3.05) is 13.2 Å². The molecule has 0 aromatic rings. The molecule has 0 aromatic heterocycles. The van der Waals surface area contributed by atoms with E-state index in [0.29, 0.717) is 19.4 Å². The molecule has 0 aliphatic heterocycles. The average molecular weight is 830 g/mol. The number of rotatable bonds is 47. The highest BCUT2D eigenvalue weighted by Gasteiger charge is 2.18. The molecule has 0 fully saturated rings. The Morgan fingerprint density at radius 2 is 0.847 bits per heavy atom. The molecule has 0 aliphatic rings. The van der Waals surface area contributed by atoms with Crippen LogP contribution in [0.5, 0.6) is 0 Å². The normalized spacial score (nSPS) is 12.9. The summed E-state index contributed by atoms with van der Waals surface area (Å²) in [5.74, 6) is -0.110.